The molecule has 9 heteroatoms. The van der Waals surface area contributed by atoms with Gasteiger partial charge in [-0.1, -0.05) is 11.6 Å². The Morgan fingerprint density at radius 2 is 2.00 bits per heavy atom. The van der Waals surface area contributed by atoms with Gasteiger partial charge in [-0.15, -0.1) is 0 Å². The molecule has 1 aliphatic carbocycles. The number of nitrogens with one attached hydrogen (secondary N) is 1. The number of carbonyl (C=O) groups is 1. The average Bonchev–Trinajstić information content (AvgIpc) is 3.16. The van der Waals surface area contributed by atoms with Crippen molar-refractivity contribution in [1.82, 2.24) is 5.32 Å². The van der Waals surface area contributed by atoms with Crippen LogP contribution in [0, 0.1) is 17.6 Å². The van der Waals surface area contributed by atoms with Gasteiger partial charge < -0.3 is 5.32 Å². The highest BCUT2D eigenvalue weighted by atomic mass is 35.7. The summed E-state index contributed by atoms with van der Waals surface area (Å²) in [5.41, 5.74) is -0.470. The molecule has 0 spiro atoms. The Kier molecular flexibility index (Phi) is 4.46. The van der Waals surface area contributed by atoms with Gasteiger partial charge in [0.2, 0.25) is 0 Å². The van der Waals surface area contributed by atoms with Crippen molar-refractivity contribution in [3.63, 3.8) is 0 Å². The third-order valence-electron chi connectivity index (χ3n) is 3.29. The van der Waals surface area contributed by atoms with E-state index in [-0.39, 0.29) is 6.04 Å². The molecule has 0 aromatic heterocycles. The first-order valence-corrected chi connectivity index (χ1v) is 8.74. The summed E-state index contributed by atoms with van der Waals surface area (Å²) in [5.74, 6) is -3.67. The monoisotopic (exact) mass is 357 g/mol. The number of hydrogen-bond acceptors (Lipinski definition) is 3. The first kappa shape index (κ1) is 16.5. The lowest BCUT2D eigenvalue weighted by Crippen LogP contribution is -2.34. The quantitative estimate of drug-likeness (QED) is 0.665. The lowest BCUT2D eigenvalue weighted by molar-refractivity contribution is 0.0935. The predicted molar refractivity (Wildman–Crippen MR) is 74.1 cm³/mol. The van der Waals surface area contributed by atoms with Crippen molar-refractivity contribution in [2.45, 2.75) is 30.7 Å². The Balaban J connectivity index is 2.44. The first-order valence-electron chi connectivity index (χ1n) is 6.06. The van der Waals surface area contributed by atoms with Crippen molar-refractivity contribution in [3.05, 3.63) is 28.3 Å². The topological polar surface area (TPSA) is 63.2 Å². The van der Waals surface area contributed by atoms with Gasteiger partial charge in [0.1, 0.15) is 4.90 Å². The number of amides is 1. The molecule has 21 heavy (non-hydrogen) atoms. The number of hydrogen-bond donors (Lipinski definition) is 1. The van der Waals surface area contributed by atoms with Crippen molar-refractivity contribution in [1.29, 1.82) is 0 Å². The smallest absolute Gasteiger partial charge is 0.265 e. The summed E-state index contributed by atoms with van der Waals surface area (Å²) in [7, 11) is 0.403. The summed E-state index contributed by atoms with van der Waals surface area (Å²) in [6.45, 7) is 1.77. The van der Waals surface area contributed by atoms with Crippen LogP contribution < -0.4 is 5.32 Å². The Hall–Kier alpha value is -0.920. The number of rotatable bonds is 4. The molecular formula is C12H11Cl2F2NO3S. The largest absolute Gasteiger partial charge is 0.349 e. The van der Waals surface area contributed by atoms with Gasteiger partial charge in [-0.3, -0.25) is 4.79 Å². The minimum absolute atomic E-state index is 0.169. The van der Waals surface area contributed by atoms with Crippen molar-refractivity contribution in [2.24, 2.45) is 5.92 Å². The molecule has 1 amide bonds. The van der Waals surface area contributed by atoms with Gasteiger partial charge in [-0.2, -0.15) is 0 Å². The third-order valence-corrected chi connectivity index (χ3v) is 5.13. The molecule has 1 unspecified atom stereocenters. The number of benzene rings is 1. The van der Waals surface area contributed by atoms with E-state index in [0.29, 0.717) is 12.0 Å². The van der Waals surface area contributed by atoms with Gasteiger partial charge in [-0.05, 0) is 31.7 Å². The zero-order valence-electron chi connectivity index (χ0n) is 10.8. The van der Waals surface area contributed by atoms with Gasteiger partial charge in [0.25, 0.3) is 15.0 Å². The molecule has 0 radical (unpaired) electrons. The fourth-order valence-corrected chi connectivity index (χ4v) is 3.68. The highest BCUT2D eigenvalue weighted by Gasteiger charge is 2.32. The van der Waals surface area contributed by atoms with Crippen LogP contribution in [0.4, 0.5) is 8.78 Å². The zero-order valence-corrected chi connectivity index (χ0v) is 13.1. The second-order valence-electron chi connectivity index (χ2n) is 4.90. The molecule has 4 nitrogen and oxygen atoms in total. The van der Waals surface area contributed by atoms with Crippen LogP contribution in [-0.2, 0) is 9.05 Å². The summed E-state index contributed by atoms with van der Waals surface area (Å²) in [4.78, 5) is 10.8. The maximum absolute atomic E-state index is 13.5. The van der Waals surface area contributed by atoms with Crippen LogP contribution in [0.25, 0.3) is 0 Å². The second-order valence-corrected chi connectivity index (χ2v) is 7.78. The van der Waals surface area contributed by atoms with Gasteiger partial charge in [0, 0.05) is 16.7 Å². The highest BCUT2D eigenvalue weighted by molar-refractivity contribution is 8.13. The SMILES string of the molecule is CC(NC(=O)c1cc(F)c(F)c(S(=O)(=O)Cl)c1Cl)C1CC1. The average molecular weight is 358 g/mol. The molecule has 1 saturated carbocycles. The van der Waals surface area contributed by atoms with E-state index in [1.165, 1.54) is 0 Å². The van der Waals surface area contributed by atoms with E-state index >= 15 is 0 Å². The predicted octanol–water partition coefficient (Wildman–Crippen LogP) is 3.07. The van der Waals surface area contributed by atoms with Crippen LogP contribution in [0.1, 0.15) is 30.1 Å². The minimum atomic E-state index is -4.63. The highest BCUT2D eigenvalue weighted by Crippen LogP contribution is 2.34. The van der Waals surface area contributed by atoms with Crippen molar-refractivity contribution < 1.29 is 22.0 Å². The summed E-state index contributed by atoms with van der Waals surface area (Å²) in [6, 6.07) is 0.385. The Labute approximate surface area is 129 Å². The van der Waals surface area contributed by atoms with E-state index in [4.69, 9.17) is 22.3 Å². The standard InChI is InChI=1S/C12H11Cl2F2NO3S/c1-5(6-2-3-6)17-12(18)7-4-8(15)10(16)11(9(7)13)21(14,19)20/h4-6H,2-3H2,1H3,(H,17,18). The molecule has 1 aliphatic rings. The van der Waals surface area contributed by atoms with Crippen molar-refractivity contribution in [2.75, 3.05) is 0 Å². The van der Waals surface area contributed by atoms with E-state index < -0.39 is 42.1 Å². The summed E-state index contributed by atoms with van der Waals surface area (Å²) >= 11 is 5.71. The number of carbonyl (C=O) groups excluding carboxylic acids is 1. The van der Waals surface area contributed by atoms with Gasteiger partial charge in [-0.25, -0.2) is 17.2 Å². The first-order chi connectivity index (χ1) is 9.62. The van der Waals surface area contributed by atoms with Crippen LogP contribution in [0.15, 0.2) is 11.0 Å². The van der Waals surface area contributed by atoms with Gasteiger partial charge in [0.15, 0.2) is 11.6 Å². The van der Waals surface area contributed by atoms with Gasteiger partial charge in [0.05, 0.1) is 10.6 Å². The number of halogens is 4. The maximum Gasteiger partial charge on any atom is 0.265 e. The molecule has 2 rings (SSSR count). The van der Waals surface area contributed by atoms with Crippen LogP contribution in [0.2, 0.25) is 5.02 Å². The molecular weight excluding hydrogens is 347 g/mol. The van der Waals surface area contributed by atoms with E-state index in [0.717, 1.165) is 12.8 Å². The lowest BCUT2D eigenvalue weighted by Gasteiger charge is -2.14. The molecule has 1 aromatic rings. The van der Waals surface area contributed by atoms with E-state index in [9.17, 15) is 22.0 Å². The maximum atomic E-state index is 13.5. The van der Waals surface area contributed by atoms with E-state index in [1.54, 1.807) is 6.92 Å². The molecule has 1 aromatic carbocycles. The molecule has 0 heterocycles. The minimum Gasteiger partial charge on any atom is -0.349 e. The Bertz CT molecular complexity index is 705. The van der Waals surface area contributed by atoms with Crippen molar-refractivity contribution >= 4 is 37.2 Å². The summed E-state index contributed by atoms with van der Waals surface area (Å²) < 4.78 is 49.6. The lowest BCUT2D eigenvalue weighted by atomic mass is 10.1. The Morgan fingerprint density at radius 3 is 2.48 bits per heavy atom. The fraction of sp³-hybridized carbons (Fsp3) is 0.417. The van der Waals surface area contributed by atoms with E-state index in [2.05, 4.69) is 5.32 Å². The summed E-state index contributed by atoms with van der Waals surface area (Å²) in [5, 5.41) is 1.84. The van der Waals surface area contributed by atoms with Crippen LogP contribution in [0.3, 0.4) is 0 Å². The molecule has 0 saturated heterocycles. The van der Waals surface area contributed by atoms with Crippen molar-refractivity contribution in [3.8, 4) is 0 Å². The van der Waals surface area contributed by atoms with E-state index in [1.807, 2.05) is 0 Å². The normalized spacial score (nSPS) is 16.6. The van der Waals surface area contributed by atoms with Crippen LogP contribution in [0.5, 0.6) is 0 Å². The molecule has 0 aliphatic heterocycles. The molecule has 1 atom stereocenters. The zero-order chi connectivity index (χ0) is 15.9. The van der Waals surface area contributed by atoms with Crippen LogP contribution >= 0.6 is 22.3 Å². The molecule has 116 valence electrons. The summed E-state index contributed by atoms with van der Waals surface area (Å²) in [6.07, 6.45) is 1.93. The Morgan fingerprint density at radius 1 is 1.43 bits per heavy atom. The molecule has 1 fully saturated rings. The fourth-order valence-electron chi connectivity index (χ4n) is 1.96. The molecule has 1 N–H and O–H groups in total. The third kappa shape index (κ3) is 3.46. The molecule has 0 bridgehead atoms. The van der Waals surface area contributed by atoms with Crippen LogP contribution in [-0.4, -0.2) is 20.4 Å². The second kappa shape index (κ2) is 5.70. The van der Waals surface area contributed by atoms with Gasteiger partial charge >= 0.3 is 0 Å².